The highest BCUT2D eigenvalue weighted by Crippen LogP contribution is 2.26. The summed E-state index contributed by atoms with van der Waals surface area (Å²) in [6.07, 6.45) is 1.10. The third kappa shape index (κ3) is 11.8. The molecule has 1 aromatic heterocycles. The normalized spacial score (nSPS) is 13.1. The van der Waals surface area contributed by atoms with Crippen molar-refractivity contribution in [3.05, 3.63) is 114 Å². The molecule has 280 valence electrons. The number of carbonyl (C=O) groups is 5. The molecular formula is C37H42N6O10. The number of ether oxygens (including phenoxy) is 3. The summed E-state index contributed by atoms with van der Waals surface area (Å²) in [5.41, 5.74) is 2.50. The molecule has 0 bridgehead atoms. The molecule has 0 saturated carbocycles. The third-order valence-electron chi connectivity index (χ3n) is 8.22. The molecule has 4 unspecified atom stereocenters. The van der Waals surface area contributed by atoms with Crippen LogP contribution in [0.1, 0.15) is 41.8 Å². The number of carboxylic acid groups (broad SMARTS) is 2. The van der Waals surface area contributed by atoms with Crippen molar-refractivity contribution in [2.24, 2.45) is 0 Å². The number of amides is 3. The van der Waals surface area contributed by atoms with E-state index in [2.05, 4.69) is 31.2 Å². The molecule has 0 aliphatic heterocycles. The standard InChI is InChI=1S/C37H42N6O10/c1-22(40-30(35(46)47)17-26-19-38-21-39-26)32(36(48)49)43-34(45)29(41-37(50)53-20-23-7-5-4-6-8-23)18-31(44)42-33(24-9-13-27(51-2)14-10-24)25-11-15-28(52-3)16-12-25/h4-16,19,21-22,29-30,32-33,40H,17-18,20H2,1-3H3,(H,38,39)(H,41,50)(H,42,44)(H,43,45)(H,46,47)(H,48,49). The van der Waals surface area contributed by atoms with Crippen LogP contribution in [0.4, 0.5) is 4.79 Å². The Labute approximate surface area is 305 Å². The highest BCUT2D eigenvalue weighted by molar-refractivity contribution is 5.93. The van der Waals surface area contributed by atoms with Gasteiger partial charge in [-0.2, -0.15) is 0 Å². The minimum atomic E-state index is -1.68. The number of carbonyl (C=O) groups excluding carboxylic acids is 3. The van der Waals surface area contributed by atoms with Gasteiger partial charge in [0, 0.05) is 24.4 Å². The lowest BCUT2D eigenvalue weighted by Crippen LogP contribution is -2.60. The number of nitrogens with one attached hydrogen (secondary N) is 5. The van der Waals surface area contributed by atoms with Gasteiger partial charge in [-0.1, -0.05) is 54.6 Å². The van der Waals surface area contributed by atoms with Gasteiger partial charge in [-0.25, -0.2) is 14.6 Å². The molecule has 1 heterocycles. The molecule has 0 fully saturated rings. The number of aromatic nitrogens is 2. The van der Waals surface area contributed by atoms with E-state index in [1.165, 1.54) is 33.7 Å². The van der Waals surface area contributed by atoms with Gasteiger partial charge < -0.3 is 45.4 Å². The van der Waals surface area contributed by atoms with Gasteiger partial charge in [-0.3, -0.25) is 19.7 Å². The fourth-order valence-electron chi connectivity index (χ4n) is 5.38. The van der Waals surface area contributed by atoms with Gasteiger partial charge in [0.2, 0.25) is 11.8 Å². The van der Waals surface area contributed by atoms with E-state index in [0.717, 1.165) is 0 Å². The highest BCUT2D eigenvalue weighted by Gasteiger charge is 2.34. The molecule has 3 aromatic carbocycles. The van der Waals surface area contributed by atoms with Gasteiger partial charge in [0.1, 0.15) is 36.2 Å². The molecule has 3 amide bonds. The lowest BCUT2D eigenvalue weighted by Gasteiger charge is -2.28. The van der Waals surface area contributed by atoms with Crippen LogP contribution in [0, 0.1) is 0 Å². The summed E-state index contributed by atoms with van der Waals surface area (Å²) in [7, 11) is 3.05. The highest BCUT2D eigenvalue weighted by atomic mass is 16.5. The van der Waals surface area contributed by atoms with Crippen molar-refractivity contribution in [2.45, 2.75) is 56.6 Å². The van der Waals surface area contributed by atoms with Crippen LogP contribution in [0.5, 0.6) is 11.5 Å². The van der Waals surface area contributed by atoms with Gasteiger partial charge in [-0.05, 0) is 47.9 Å². The Morgan fingerprint density at radius 3 is 1.89 bits per heavy atom. The summed E-state index contributed by atoms with van der Waals surface area (Å²) >= 11 is 0. The summed E-state index contributed by atoms with van der Waals surface area (Å²) in [4.78, 5) is 71.5. The maximum Gasteiger partial charge on any atom is 0.408 e. The predicted molar refractivity (Wildman–Crippen MR) is 190 cm³/mol. The minimum absolute atomic E-state index is 0.0544. The van der Waals surface area contributed by atoms with E-state index in [0.29, 0.717) is 33.9 Å². The Morgan fingerprint density at radius 2 is 1.38 bits per heavy atom. The Bertz CT molecular complexity index is 1760. The number of hydrogen-bond donors (Lipinski definition) is 7. The number of alkyl carbamates (subject to hydrolysis) is 1. The van der Waals surface area contributed by atoms with Crippen LogP contribution in [0.25, 0.3) is 0 Å². The van der Waals surface area contributed by atoms with Crippen molar-refractivity contribution < 1.29 is 48.4 Å². The van der Waals surface area contributed by atoms with Gasteiger partial charge in [0.25, 0.3) is 0 Å². The Hall–Kier alpha value is -6.42. The number of aromatic amines is 1. The molecule has 4 aromatic rings. The fraction of sp³-hybridized carbons (Fsp3) is 0.297. The van der Waals surface area contributed by atoms with Crippen molar-refractivity contribution in [1.82, 2.24) is 31.2 Å². The SMILES string of the molecule is COc1ccc(C(NC(=O)CC(NC(=O)OCc2ccccc2)C(=O)NC(C(=O)O)C(C)NC(Cc2cnc[nH]2)C(=O)O)c2ccc(OC)cc2)cc1. The van der Waals surface area contributed by atoms with Gasteiger partial charge in [0.05, 0.1) is 33.0 Å². The molecule has 0 saturated heterocycles. The number of benzene rings is 3. The van der Waals surface area contributed by atoms with Crippen molar-refractivity contribution in [3.63, 3.8) is 0 Å². The zero-order chi connectivity index (χ0) is 38.3. The van der Waals surface area contributed by atoms with Gasteiger partial charge in [-0.15, -0.1) is 0 Å². The van der Waals surface area contributed by atoms with E-state index < -0.39 is 66.5 Å². The summed E-state index contributed by atoms with van der Waals surface area (Å²) in [6.45, 7) is 1.25. The van der Waals surface area contributed by atoms with Crippen molar-refractivity contribution >= 4 is 29.8 Å². The number of aliphatic carboxylic acids is 2. The maximum atomic E-state index is 13.7. The summed E-state index contributed by atoms with van der Waals surface area (Å²) < 4.78 is 15.8. The lowest BCUT2D eigenvalue weighted by molar-refractivity contribution is -0.144. The zero-order valence-corrected chi connectivity index (χ0v) is 29.3. The van der Waals surface area contributed by atoms with Crippen molar-refractivity contribution in [3.8, 4) is 11.5 Å². The maximum absolute atomic E-state index is 13.7. The average molecular weight is 731 g/mol. The molecule has 4 atom stereocenters. The smallest absolute Gasteiger partial charge is 0.408 e. The second-order valence-corrected chi connectivity index (χ2v) is 12.0. The fourth-order valence-corrected chi connectivity index (χ4v) is 5.38. The monoisotopic (exact) mass is 730 g/mol. The molecule has 7 N–H and O–H groups in total. The molecular weight excluding hydrogens is 688 g/mol. The van der Waals surface area contributed by atoms with E-state index in [1.807, 2.05) is 0 Å². The first kappa shape index (κ1) is 39.4. The van der Waals surface area contributed by atoms with E-state index >= 15 is 0 Å². The summed E-state index contributed by atoms with van der Waals surface area (Å²) in [6, 6.07) is 16.3. The van der Waals surface area contributed by atoms with E-state index in [9.17, 15) is 34.2 Å². The predicted octanol–water partition coefficient (Wildman–Crippen LogP) is 2.56. The molecule has 16 nitrogen and oxygen atoms in total. The molecule has 0 aliphatic carbocycles. The number of nitrogens with zero attached hydrogens (tertiary/aromatic N) is 1. The van der Waals surface area contributed by atoms with E-state index in [4.69, 9.17) is 14.2 Å². The molecule has 53 heavy (non-hydrogen) atoms. The number of methoxy groups -OCH3 is 2. The van der Waals surface area contributed by atoms with Gasteiger partial charge >= 0.3 is 18.0 Å². The zero-order valence-electron chi connectivity index (χ0n) is 29.3. The molecule has 0 spiro atoms. The van der Waals surface area contributed by atoms with Crippen molar-refractivity contribution in [2.75, 3.05) is 14.2 Å². The van der Waals surface area contributed by atoms with Crippen molar-refractivity contribution in [1.29, 1.82) is 0 Å². The second-order valence-electron chi connectivity index (χ2n) is 12.0. The minimum Gasteiger partial charge on any atom is -0.497 e. The van der Waals surface area contributed by atoms with Crippen LogP contribution >= 0.6 is 0 Å². The molecule has 0 aliphatic rings. The lowest BCUT2D eigenvalue weighted by atomic mass is 9.98. The quantitative estimate of drug-likeness (QED) is 0.0738. The average Bonchev–Trinajstić information content (AvgIpc) is 3.68. The van der Waals surface area contributed by atoms with Crippen LogP contribution in [0.3, 0.4) is 0 Å². The number of H-pyrrole nitrogens is 1. The largest absolute Gasteiger partial charge is 0.497 e. The number of imidazole rings is 1. The topological polar surface area (TPSA) is 230 Å². The van der Waals surface area contributed by atoms with Crippen LogP contribution < -0.4 is 30.7 Å². The Morgan fingerprint density at radius 1 is 0.774 bits per heavy atom. The first-order valence-electron chi connectivity index (χ1n) is 16.5. The number of rotatable bonds is 19. The molecule has 0 radical (unpaired) electrons. The van der Waals surface area contributed by atoms with Gasteiger partial charge in [0.15, 0.2) is 0 Å². The summed E-state index contributed by atoms with van der Waals surface area (Å²) in [5.74, 6) is -3.26. The first-order valence-corrected chi connectivity index (χ1v) is 16.5. The van der Waals surface area contributed by atoms with Crippen LogP contribution in [0.2, 0.25) is 0 Å². The second kappa shape index (κ2) is 19.3. The Balaban J connectivity index is 1.55. The Kier molecular flexibility index (Phi) is 14.3. The number of carboxylic acids is 2. The van der Waals surface area contributed by atoms with Crippen LogP contribution in [-0.4, -0.2) is 88.4 Å². The number of hydrogen-bond acceptors (Lipinski definition) is 10. The third-order valence-corrected chi connectivity index (χ3v) is 8.22. The first-order chi connectivity index (χ1) is 25.5. The molecule has 4 rings (SSSR count). The van der Waals surface area contributed by atoms with Crippen LogP contribution in [0.15, 0.2) is 91.4 Å². The van der Waals surface area contributed by atoms with Crippen LogP contribution in [-0.2, 0) is 36.9 Å². The van der Waals surface area contributed by atoms with E-state index in [-0.39, 0.29) is 13.0 Å². The van der Waals surface area contributed by atoms with E-state index in [1.54, 1.807) is 78.9 Å². The summed E-state index contributed by atoms with van der Waals surface area (Å²) in [5, 5.41) is 30.2. The molecule has 16 heteroatoms.